The fourth-order valence-electron chi connectivity index (χ4n) is 5.43. The minimum absolute atomic E-state index is 0.00748. The molecule has 0 spiro atoms. The van der Waals surface area contributed by atoms with Crippen molar-refractivity contribution >= 4 is 44.3 Å². The van der Waals surface area contributed by atoms with Crippen molar-refractivity contribution in [1.82, 2.24) is 14.9 Å². The molecule has 3 aliphatic heterocycles. The highest BCUT2D eigenvalue weighted by atomic mass is 79.9. The van der Waals surface area contributed by atoms with Gasteiger partial charge in [-0.05, 0) is 42.2 Å². The zero-order chi connectivity index (χ0) is 24.9. The Morgan fingerprint density at radius 1 is 1.37 bits per heavy atom. The van der Waals surface area contributed by atoms with Gasteiger partial charge in [0, 0.05) is 13.0 Å². The molecule has 12 heteroatoms. The molecule has 190 valence electrons. The van der Waals surface area contributed by atoms with Crippen molar-refractivity contribution < 1.29 is 27.0 Å². The van der Waals surface area contributed by atoms with Crippen molar-refractivity contribution in [2.24, 2.45) is 0 Å². The maximum Gasteiger partial charge on any atom is 0.319 e. The Kier molecular flexibility index (Phi) is 6.78. The number of nitrogens with zero attached hydrogens (tertiary/aromatic N) is 4. The molecule has 6 nitrogen and oxygen atoms in total. The first-order valence-electron chi connectivity index (χ1n) is 11.4. The van der Waals surface area contributed by atoms with E-state index in [1.165, 1.54) is 4.90 Å². The lowest BCUT2D eigenvalue weighted by atomic mass is 9.95. The summed E-state index contributed by atoms with van der Waals surface area (Å²) in [6, 6.07) is -0.785. The number of fused-ring (bicyclic) bond motifs is 1. The third-order valence-corrected chi connectivity index (χ3v) is 8.27. The SMILES string of the molecule is C/C=C/[C@H]1COc2c(Cl)c(Br)c(F)c3nc(OC[C@@]45CCCN4C[C@H](F)C5)nc(c23)N1CC(F)F. The lowest BCUT2D eigenvalue weighted by Crippen LogP contribution is -2.43. The quantitative estimate of drug-likeness (QED) is 0.254. The third-order valence-electron chi connectivity index (χ3n) is 6.94. The molecule has 0 unspecified atom stereocenters. The number of benzene rings is 1. The molecule has 35 heavy (non-hydrogen) atoms. The maximum atomic E-state index is 15.4. The minimum Gasteiger partial charge on any atom is -0.489 e. The second-order valence-corrected chi connectivity index (χ2v) is 10.3. The van der Waals surface area contributed by atoms with Gasteiger partial charge < -0.3 is 14.4 Å². The van der Waals surface area contributed by atoms with Gasteiger partial charge in [-0.15, -0.1) is 0 Å². The van der Waals surface area contributed by atoms with Crippen LogP contribution in [0.2, 0.25) is 5.02 Å². The Bertz CT molecular complexity index is 1170. The summed E-state index contributed by atoms with van der Waals surface area (Å²) < 4.78 is 68.6. The highest BCUT2D eigenvalue weighted by molar-refractivity contribution is 9.10. The molecule has 0 aliphatic carbocycles. The zero-order valence-electron chi connectivity index (χ0n) is 18.9. The average molecular weight is 580 g/mol. The van der Waals surface area contributed by atoms with Gasteiger partial charge in [0.25, 0.3) is 6.43 Å². The monoisotopic (exact) mass is 578 g/mol. The average Bonchev–Trinajstić information content (AvgIpc) is 3.29. The van der Waals surface area contributed by atoms with E-state index in [0.717, 1.165) is 19.4 Å². The second-order valence-electron chi connectivity index (χ2n) is 9.14. The summed E-state index contributed by atoms with van der Waals surface area (Å²) in [6.07, 6.45) is 1.81. The Morgan fingerprint density at radius 2 is 2.17 bits per heavy atom. The lowest BCUT2D eigenvalue weighted by molar-refractivity contribution is 0.107. The number of allylic oxidation sites excluding steroid dienone is 1. The van der Waals surface area contributed by atoms with Gasteiger partial charge in [-0.2, -0.15) is 9.97 Å². The topological polar surface area (TPSA) is 50.7 Å². The van der Waals surface area contributed by atoms with Crippen LogP contribution in [0.15, 0.2) is 16.6 Å². The molecular weight excluding hydrogens is 556 g/mol. The minimum atomic E-state index is -2.69. The molecule has 2 fully saturated rings. The normalized spacial score (nSPS) is 26.6. The summed E-state index contributed by atoms with van der Waals surface area (Å²) in [5.74, 6) is -0.623. The predicted octanol–water partition coefficient (Wildman–Crippen LogP) is 5.55. The van der Waals surface area contributed by atoms with Gasteiger partial charge in [0.05, 0.1) is 28.0 Å². The standard InChI is InChI=1S/C23H24BrClF4N4O2/c1-2-4-13-10-34-20-15-19(18(29)16(24)17(20)25)30-22(31-21(15)33(13)9-14(27)28)35-11-23-5-3-6-32(23)8-12(26)7-23/h2,4,12-14H,3,5-11H2,1H3/b4-2+/t12-,13+,23+/m1/s1. The van der Waals surface area contributed by atoms with Crippen LogP contribution in [-0.4, -0.2) is 71.9 Å². The van der Waals surface area contributed by atoms with Gasteiger partial charge in [0.15, 0.2) is 11.6 Å². The van der Waals surface area contributed by atoms with Crippen molar-refractivity contribution in [1.29, 1.82) is 0 Å². The summed E-state index contributed by atoms with van der Waals surface area (Å²) >= 11 is 9.51. The highest BCUT2D eigenvalue weighted by Crippen LogP contribution is 2.47. The second kappa shape index (κ2) is 9.55. The highest BCUT2D eigenvalue weighted by Gasteiger charge is 2.49. The van der Waals surface area contributed by atoms with Crippen LogP contribution >= 0.6 is 27.5 Å². The number of hydrogen-bond acceptors (Lipinski definition) is 6. The van der Waals surface area contributed by atoms with Crippen LogP contribution in [0.3, 0.4) is 0 Å². The van der Waals surface area contributed by atoms with Crippen molar-refractivity contribution in [2.75, 3.05) is 37.7 Å². The molecule has 0 bridgehead atoms. The number of aromatic nitrogens is 2. The molecule has 1 aromatic carbocycles. The van der Waals surface area contributed by atoms with Crippen molar-refractivity contribution in [3.8, 4) is 11.8 Å². The molecule has 0 N–H and O–H groups in total. The van der Waals surface area contributed by atoms with Gasteiger partial charge in [-0.1, -0.05) is 23.8 Å². The number of ether oxygens (including phenoxy) is 2. The fraction of sp³-hybridized carbons (Fsp3) is 0.565. The first-order chi connectivity index (χ1) is 16.7. The van der Waals surface area contributed by atoms with Crippen LogP contribution in [0.4, 0.5) is 23.4 Å². The van der Waals surface area contributed by atoms with Gasteiger partial charge >= 0.3 is 6.01 Å². The molecule has 2 aromatic rings. The van der Waals surface area contributed by atoms with Crippen molar-refractivity contribution in [3.05, 3.63) is 27.5 Å². The van der Waals surface area contributed by atoms with E-state index in [0.29, 0.717) is 13.0 Å². The smallest absolute Gasteiger partial charge is 0.319 e. The summed E-state index contributed by atoms with van der Waals surface area (Å²) in [4.78, 5) is 12.2. The summed E-state index contributed by atoms with van der Waals surface area (Å²) in [5, 5.41) is 0.0631. The number of alkyl halides is 3. The van der Waals surface area contributed by atoms with E-state index in [2.05, 4.69) is 30.8 Å². The number of rotatable bonds is 6. The Labute approximate surface area is 213 Å². The summed E-state index contributed by atoms with van der Waals surface area (Å²) in [7, 11) is 0. The Balaban J connectivity index is 1.62. The molecule has 4 heterocycles. The first-order valence-corrected chi connectivity index (χ1v) is 12.6. The van der Waals surface area contributed by atoms with Gasteiger partial charge in [0.1, 0.15) is 35.7 Å². The first kappa shape index (κ1) is 24.8. The summed E-state index contributed by atoms with van der Waals surface area (Å²) in [6.45, 7) is 2.33. The predicted molar refractivity (Wildman–Crippen MR) is 128 cm³/mol. The molecule has 0 radical (unpaired) electrons. The van der Waals surface area contributed by atoms with Crippen LogP contribution < -0.4 is 14.4 Å². The molecular formula is C23H24BrClF4N4O2. The number of anilines is 1. The van der Waals surface area contributed by atoms with E-state index in [9.17, 15) is 13.2 Å². The van der Waals surface area contributed by atoms with Crippen molar-refractivity contribution in [2.45, 2.75) is 50.4 Å². The molecule has 3 aliphatic rings. The van der Waals surface area contributed by atoms with Crippen LogP contribution in [0.1, 0.15) is 26.2 Å². The Hall–Kier alpha value is -1.85. The fourth-order valence-corrected chi connectivity index (χ4v) is 6.03. The zero-order valence-corrected chi connectivity index (χ0v) is 21.3. The molecule has 0 saturated carbocycles. The van der Waals surface area contributed by atoms with E-state index in [4.69, 9.17) is 21.1 Å². The number of halogens is 6. The van der Waals surface area contributed by atoms with Crippen LogP contribution in [0, 0.1) is 5.82 Å². The molecule has 0 amide bonds. The van der Waals surface area contributed by atoms with E-state index >= 15 is 4.39 Å². The van der Waals surface area contributed by atoms with Crippen LogP contribution in [0.25, 0.3) is 10.9 Å². The van der Waals surface area contributed by atoms with Crippen molar-refractivity contribution in [3.63, 3.8) is 0 Å². The molecule has 5 rings (SSSR count). The number of hydrogen-bond donors (Lipinski definition) is 0. The summed E-state index contributed by atoms with van der Waals surface area (Å²) in [5.41, 5.74) is -0.637. The third kappa shape index (κ3) is 4.33. The molecule has 3 atom stereocenters. The van der Waals surface area contributed by atoms with Gasteiger partial charge in [0.2, 0.25) is 0 Å². The Morgan fingerprint density at radius 3 is 2.91 bits per heavy atom. The van der Waals surface area contributed by atoms with Gasteiger partial charge in [-0.25, -0.2) is 17.6 Å². The van der Waals surface area contributed by atoms with E-state index in [1.54, 1.807) is 19.1 Å². The van der Waals surface area contributed by atoms with Gasteiger partial charge in [-0.3, -0.25) is 4.90 Å². The van der Waals surface area contributed by atoms with Crippen LogP contribution in [-0.2, 0) is 0 Å². The largest absolute Gasteiger partial charge is 0.489 e. The van der Waals surface area contributed by atoms with E-state index in [1.807, 2.05) is 0 Å². The van der Waals surface area contributed by atoms with E-state index < -0.39 is 36.5 Å². The van der Waals surface area contributed by atoms with E-state index in [-0.39, 0.29) is 51.2 Å². The molecule has 1 aromatic heterocycles. The molecule has 2 saturated heterocycles. The van der Waals surface area contributed by atoms with Crippen LogP contribution in [0.5, 0.6) is 11.8 Å². The maximum absolute atomic E-state index is 15.4. The lowest BCUT2D eigenvalue weighted by Gasteiger charge is -2.31.